The summed E-state index contributed by atoms with van der Waals surface area (Å²) in [6.45, 7) is 2.86. The summed E-state index contributed by atoms with van der Waals surface area (Å²) in [5.41, 5.74) is 6.83. The van der Waals surface area contributed by atoms with Gasteiger partial charge in [-0.3, -0.25) is 0 Å². The van der Waals surface area contributed by atoms with Crippen LogP contribution in [0.15, 0.2) is 30.3 Å². The molecule has 1 nitrogen and oxygen atoms in total. The van der Waals surface area contributed by atoms with Crippen LogP contribution in [0.1, 0.15) is 18.4 Å². The maximum Gasteiger partial charge on any atom is -0.00109 e. The smallest absolute Gasteiger partial charge is 0.00109 e. The molecule has 1 aromatic carbocycles. The van der Waals surface area contributed by atoms with Crippen LogP contribution in [-0.2, 0) is 0 Å². The highest BCUT2D eigenvalue weighted by molar-refractivity contribution is 5.85. The van der Waals surface area contributed by atoms with Gasteiger partial charge in [-0.15, -0.1) is 12.4 Å². The molecule has 0 saturated heterocycles. The third-order valence-corrected chi connectivity index (χ3v) is 1.72. The van der Waals surface area contributed by atoms with Gasteiger partial charge >= 0.3 is 0 Å². The van der Waals surface area contributed by atoms with E-state index in [-0.39, 0.29) is 12.4 Å². The summed E-state index contributed by atoms with van der Waals surface area (Å²) in [6.07, 6.45) is 0. The van der Waals surface area contributed by atoms with E-state index < -0.39 is 0 Å². The largest absolute Gasteiger partial charge is 0.330 e. The van der Waals surface area contributed by atoms with Gasteiger partial charge in [-0.05, 0) is 18.0 Å². The van der Waals surface area contributed by atoms with E-state index in [0.717, 1.165) is 6.54 Å². The van der Waals surface area contributed by atoms with Crippen molar-refractivity contribution >= 4 is 12.4 Å². The third-order valence-electron chi connectivity index (χ3n) is 1.72. The summed E-state index contributed by atoms with van der Waals surface area (Å²) >= 11 is 0. The minimum absolute atomic E-state index is 0. The highest BCUT2D eigenvalue weighted by atomic mass is 35.5. The normalized spacial score (nSPS) is 11.8. The lowest BCUT2D eigenvalue weighted by Crippen LogP contribution is -2.08. The third kappa shape index (κ3) is 2.91. The summed E-state index contributed by atoms with van der Waals surface area (Å²) in [5, 5.41) is 0. The Morgan fingerprint density at radius 2 is 1.82 bits per heavy atom. The standard InChI is InChI=1S/C9H13N.ClH/c1-8(7-10)9-5-3-2-4-6-9;/h2-6,8H,7,10H2,1H3;1H/t8-;/m0./s1. The van der Waals surface area contributed by atoms with Gasteiger partial charge in [-0.25, -0.2) is 0 Å². The Hall–Kier alpha value is -0.530. The minimum atomic E-state index is 0. The van der Waals surface area contributed by atoms with Crippen molar-refractivity contribution in [1.82, 2.24) is 0 Å². The van der Waals surface area contributed by atoms with E-state index in [1.54, 1.807) is 0 Å². The first-order chi connectivity index (χ1) is 4.84. The van der Waals surface area contributed by atoms with Gasteiger partial charge in [0.1, 0.15) is 0 Å². The summed E-state index contributed by atoms with van der Waals surface area (Å²) < 4.78 is 0. The predicted octanol–water partition coefficient (Wildman–Crippen LogP) is 2.17. The molecular weight excluding hydrogens is 158 g/mol. The molecule has 0 spiro atoms. The first kappa shape index (κ1) is 10.5. The van der Waals surface area contributed by atoms with Crippen LogP contribution >= 0.6 is 12.4 Å². The van der Waals surface area contributed by atoms with Crippen molar-refractivity contribution in [2.75, 3.05) is 6.54 Å². The Kier molecular flexibility index (Phi) is 4.92. The van der Waals surface area contributed by atoms with Crippen molar-refractivity contribution in [2.24, 2.45) is 5.73 Å². The van der Waals surface area contributed by atoms with Crippen molar-refractivity contribution in [3.8, 4) is 0 Å². The second-order valence-electron chi connectivity index (χ2n) is 2.55. The summed E-state index contributed by atoms with van der Waals surface area (Å²) in [7, 11) is 0. The molecule has 0 heterocycles. The molecular formula is C9H14ClN. The molecule has 1 aromatic rings. The van der Waals surface area contributed by atoms with Gasteiger partial charge < -0.3 is 5.73 Å². The number of halogens is 1. The summed E-state index contributed by atoms with van der Waals surface area (Å²) in [5.74, 6) is 0.487. The zero-order valence-electron chi connectivity index (χ0n) is 6.66. The van der Waals surface area contributed by atoms with Crippen LogP contribution in [0.25, 0.3) is 0 Å². The van der Waals surface area contributed by atoms with Gasteiger partial charge in [-0.2, -0.15) is 0 Å². The quantitative estimate of drug-likeness (QED) is 0.726. The van der Waals surface area contributed by atoms with Crippen LogP contribution in [0.3, 0.4) is 0 Å². The number of benzene rings is 1. The monoisotopic (exact) mass is 171 g/mol. The lowest BCUT2D eigenvalue weighted by Gasteiger charge is -2.06. The van der Waals surface area contributed by atoms with E-state index in [1.165, 1.54) is 5.56 Å². The number of rotatable bonds is 2. The first-order valence-electron chi connectivity index (χ1n) is 3.59. The number of hydrogen-bond acceptors (Lipinski definition) is 1. The van der Waals surface area contributed by atoms with E-state index >= 15 is 0 Å². The maximum atomic E-state index is 5.50. The molecule has 62 valence electrons. The molecule has 0 radical (unpaired) electrons. The van der Waals surface area contributed by atoms with Crippen molar-refractivity contribution in [2.45, 2.75) is 12.8 Å². The fourth-order valence-electron chi connectivity index (χ4n) is 0.918. The molecule has 0 aliphatic carbocycles. The molecule has 1 atom stereocenters. The summed E-state index contributed by atoms with van der Waals surface area (Å²) in [4.78, 5) is 0. The molecule has 0 aromatic heterocycles. The SMILES string of the molecule is C[C@@H](CN)c1ccccc1.Cl. The average molecular weight is 172 g/mol. The zero-order valence-corrected chi connectivity index (χ0v) is 7.47. The van der Waals surface area contributed by atoms with Crippen LogP contribution in [0.2, 0.25) is 0 Å². The Morgan fingerprint density at radius 3 is 2.27 bits per heavy atom. The average Bonchev–Trinajstić information content (AvgIpc) is 2.05. The summed E-state index contributed by atoms with van der Waals surface area (Å²) in [6, 6.07) is 10.3. The van der Waals surface area contributed by atoms with Gasteiger partial charge in [0, 0.05) is 0 Å². The molecule has 2 N–H and O–H groups in total. The number of nitrogens with two attached hydrogens (primary N) is 1. The fraction of sp³-hybridized carbons (Fsp3) is 0.333. The molecule has 0 aliphatic heterocycles. The Morgan fingerprint density at radius 1 is 1.27 bits per heavy atom. The van der Waals surface area contributed by atoms with Crippen molar-refractivity contribution in [3.63, 3.8) is 0 Å². The Bertz CT molecular complexity index is 186. The van der Waals surface area contributed by atoms with E-state index in [2.05, 4.69) is 19.1 Å². The molecule has 0 unspecified atom stereocenters. The molecule has 11 heavy (non-hydrogen) atoms. The molecule has 0 saturated carbocycles. The molecule has 1 rings (SSSR count). The van der Waals surface area contributed by atoms with Crippen LogP contribution < -0.4 is 5.73 Å². The fourth-order valence-corrected chi connectivity index (χ4v) is 0.918. The van der Waals surface area contributed by atoms with Gasteiger partial charge in [0.2, 0.25) is 0 Å². The highest BCUT2D eigenvalue weighted by Gasteiger charge is 1.99. The molecule has 0 fully saturated rings. The van der Waals surface area contributed by atoms with Gasteiger partial charge in [0.15, 0.2) is 0 Å². The molecule has 0 amide bonds. The van der Waals surface area contributed by atoms with Gasteiger partial charge in [0.05, 0.1) is 0 Å². The predicted molar refractivity (Wildman–Crippen MR) is 51.2 cm³/mol. The second-order valence-corrected chi connectivity index (χ2v) is 2.55. The van der Waals surface area contributed by atoms with Crippen molar-refractivity contribution < 1.29 is 0 Å². The lowest BCUT2D eigenvalue weighted by molar-refractivity contribution is 0.774. The van der Waals surface area contributed by atoms with Crippen LogP contribution in [0, 0.1) is 0 Å². The van der Waals surface area contributed by atoms with Crippen LogP contribution in [0.5, 0.6) is 0 Å². The van der Waals surface area contributed by atoms with Crippen LogP contribution in [0.4, 0.5) is 0 Å². The maximum absolute atomic E-state index is 5.50. The second kappa shape index (κ2) is 5.16. The van der Waals surface area contributed by atoms with E-state index in [4.69, 9.17) is 5.73 Å². The Labute approximate surface area is 74.0 Å². The van der Waals surface area contributed by atoms with Crippen molar-refractivity contribution in [3.05, 3.63) is 35.9 Å². The number of hydrogen-bond donors (Lipinski definition) is 1. The highest BCUT2D eigenvalue weighted by Crippen LogP contribution is 2.11. The Balaban J connectivity index is 0.000001000. The van der Waals surface area contributed by atoms with Gasteiger partial charge in [0.25, 0.3) is 0 Å². The van der Waals surface area contributed by atoms with E-state index in [0.29, 0.717) is 5.92 Å². The van der Waals surface area contributed by atoms with Crippen LogP contribution in [-0.4, -0.2) is 6.54 Å². The zero-order chi connectivity index (χ0) is 7.40. The first-order valence-corrected chi connectivity index (χ1v) is 3.59. The van der Waals surface area contributed by atoms with E-state index in [1.807, 2.05) is 18.2 Å². The lowest BCUT2D eigenvalue weighted by atomic mass is 10.0. The minimum Gasteiger partial charge on any atom is -0.330 e. The topological polar surface area (TPSA) is 26.0 Å². The molecule has 0 aliphatic rings. The van der Waals surface area contributed by atoms with Gasteiger partial charge in [-0.1, -0.05) is 37.3 Å². The van der Waals surface area contributed by atoms with E-state index in [9.17, 15) is 0 Å². The molecule has 2 heteroatoms. The molecule has 0 bridgehead atoms. The van der Waals surface area contributed by atoms with Crippen molar-refractivity contribution in [1.29, 1.82) is 0 Å².